The molecule has 0 bridgehead atoms. The minimum absolute atomic E-state index is 0.955. The van der Waals surface area contributed by atoms with Gasteiger partial charge in [0.05, 0.1) is 5.69 Å². The molecular weight excluding hydrogens is 204 g/mol. The molecule has 1 N–H and O–H groups in total. The highest BCUT2D eigenvalue weighted by Gasteiger charge is 1.98. The molecular formula is C12H14N2S. The van der Waals surface area contributed by atoms with Gasteiger partial charge in [-0.05, 0) is 31.0 Å². The molecule has 0 saturated heterocycles. The number of benzene rings is 1. The van der Waals surface area contributed by atoms with Crippen LogP contribution in [0.15, 0.2) is 29.6 Å². The maximum atomic E-state index is 4.36. The Kier molecular flexibility index (Phi) is 3.02. The molecule has 0 unspecified atom stereocenters. The molecule has 0 spiro atoms. The van der Waals surface area contributed by atoms with Gasteiger partial charge < -0.3 is 5.32 Å². The predicted octanol–water partition coefficient (Wildman–Crippen LogP) is 3.76. The monoisotopic (exact) mass is 218 g/mol. The molecule has 2 aromatic rings. The van der Waals surface area contributed by atoms with Crippen LogP contribution in [0.2, 0.25) is 0 Å². The van der Waals surface area contributed by atoms with Crippen molar-refractivity contribution in [2.75, 3.05) is 5.32 Å². The summed E-state index contributed by atoms with van der Waals surface area (Å²) >= 11 is 1.63. The number of anilines is 2. The normalized spacial score (nSPS) is 10.3. The molecule has 2 rings (SSSR count). The van der Waals surface area contributed by atoms with Gasteiger partial charge in [-0.25, -0.2) is 4.98 Å². The van der Waals surface area contributed by atoms with Crippen molar-refractivity contribution in [1.29, 1.82) is 0 Å². The molecule has 1 heterocycles. The van der Waals surface area contributed by atoms with E-state index in [0.29, 0.717) is 0 Å². The van der Waals surface area contributed by atoms with Gasteiger partial charge in [-0.3, -0.25) is 0 Å². The summed E-state index contributed by atoms with van der Waals surface area (Å²) in [6.45, 7) is 4.16. The van der Waals surface area contributed by atoms with Crippen LogP contribution in [0.25, 0.3) is 0 Å². The molecule has 0 saturated carbocycles. The summed E-state index contributed by atoms with van der Waals surface area (Å²) in [6, 6.07) is 8.47. The summed E-state index contributed by atoms with van der Waals surface area (Å²) in [4.78, 5) is 4.36. The topological polar surface area (TPSA) is 24.9 Å². The third-order valence-corrected chi connectivity index (χ3v) is 3.11. The van der Waals surface area contributed by atoms with Crippen LogP contribution in [0.4, 0.5) is 10.8 Å². The molecule has 3 heteroatoms. The highest BCUT2D eigenvalue weighted by molar-refractivity contribution is 7.13. The van der Waals surface area contributed by atoms with E-state index in [9.17, 15) is 0 Å². The SMILES string of the molecule is CCc1ccc(Nc2nc(C)cs2)cc1. The number of hydrogen-bond acceptors (Lipinski definition) is 3. The second kappa shape index (κ2) is 4.45. The molecule has 0 aliphatic carbocycles. The van der Waals surface area contributed by atoms with Gasteiger partial charge in [0.15, 0.2) is 5.13 Å². The minimum atomic E-state index is 0.955. The zero-order valence-corrected chi connectivity index (χ0v) is 9.77. The number of rotatable bonds is 3. The van der Waals surface area contributed by atoms with Gasteiger partial charge in [0.25, 0.3) is 0 Å². The van der Waals surface area contributed by atoms with Gasteiger partial charge >= 0.3 is 0 Å². The van der Waals surface area contributed by atoms with E-state index in [4.69, 9.17) is 0 Å². The van der Waals surface area contributed by atoms with E-state index in [1.165, 1.54) is 5.56 Å². The summed E-state index contributed by atoms with van der Waals surface area (Å²) in [6.07, 6.45) is 1.08. The predicted molar refractivity (Wildman–Crippen MR) is 66.0 cm³/mol. The van der Waals surface area contributed by atoms with Crippen molar-refractivity contribution < 1.29 is 0 Å². The number of hydrogen-bond donors (Lipinski definition) is 1. The smallest absolute Gasteiger partial charge is 0.187 e. The second-order valence-corrected chi connectivity index (χ2v) is 4.33. The first-order valence-electron chi connectivity index (χ1n) is 5.06. The summed E-state index contributed by atoms with van der Waals surface area (Å²) < 4.78 is 0. The van der Waals surface area contributed by atoms with Crippen molar-refractivity contribution in [3.05, 3.63) is 40.9 Å². The zero-order valence-electron chi connectivity index (χ0n) is 8.95. The van der Waals surface area contributed by atoms with Crippen LogP contribution in [0, 0.1) is 6.92 Å². The Labute approximate surface area is 94.0 Å². The first kappa shape index (κ1) is 10.2. The Bertz CT molecular complexity index is 431. The second-order valence-electron chi connectivity index (χ2n) is 3.47. The van der Waals surface area contributed by atoms with E-state index >= 15 is 0 Å². The van der Waals surface area contributed by atoms with Crippen LogP contribution in [0.5, 0.6) is 0 Å². The molecule has 0 amide bonds. The summed E-state index contributed by atoms with van der Waals surface area (Å²) in [5.74, 6) is 0. The summed E-state index contributed by atoms with van der Waals surface area (Å²) in [5.41, 5.74) is 3.52. The van der Waals surface area contributed by atoms with E-state index in [1.54, 1.807) is 11.3 Å². The summed E-state index contributed by atoms with van der Waals surface area (Å²) in [7, 11) is 0. The van der Waals surface area contributed by atoms with Crippen molar-refractivity contribution in [3.8, 4) is 0 Å². The lowest BCUT2D eigenvalue weighted by Crippen LogP contribution is -1.89. The average Bonchev–Trinajstić information content (AvgIpc) is 2.65. The molecule has 0 atom stereocenters. The summed E-state index contributed by atoms with van der Waals surface area (Å²) in [5, 5.41) is 6.28. The molecule has 78 valence electrons. The number of aryl methyl sites for hydroxylation is 2. The lowest BCUT2D eigenvalue weighted by Gasteiger charge is -2.03. The van der Waals surface area contributed by atoms with Crippen LogP contribution in [-0.2, 0) is 6.42 Å². The quantitative estimate of drug-likeness (QED) is 0.848. The maximum Gasteiger partial charge on any atom is 0.187 e. The number of nitrogens with zero attached hydrogens (tertiary/aromatic N) is 1. The van der Waals surface area contributed by atoms with Gasteiger partial charge in [-0.1, -0.05) is 19.1 Å². The maximum absolute atomic E-state index is 4.36. The fourth-order valence-electron chi connectivity index (χ4n) is 1.36. The number of thiazole rings is 1. The van der Waals surface area contributed by atoms with Gasteiger partial charge in [0.2, 0.25) is 0 Å². The highest BCUT2D eigenvalue weighted by atomic mass is 32.1. The Balaban J connectivity index is 2.11. The molecule has 1 aromatic carbocycles. The van der Waals surface area contributed by atoms with Gasteiger partial charge in [-0.2, -0.15) is 0 Å². The Morgan fingerprint density at radius 1 is 1.27 bits per heavy atom. The van der Waals surface area contributed by atoms with Crippen LogP contribution in [-0.4, -0.2) is 4.98 Å². The first-order valence-corrected chi connectivity index (χ1v) is 5.94. The standard InChI is InChI=1S/C12H14N2S/c1-3-10-4-6-11(7-5-10)14-12-13-9(2)8-15-12/h4-8H,3H2,1-2H3,(H,13,14). The fraction of sp³-hybridized carbons (Fsp3) is 0.250. The molecule has 0 aliphatic heterocycles. The van der Waals surface area contributed by atoms with Crippen LogP contribution in [0.3, 0.4) is 0 Å². The lowest BCUT2D eigenvalue weighted by molar-refractivity contribution is 1.14. The lowest BCUT2D eigenvalue weighted by atomic mass is 10.1. The Hall–Kier alpha value is -1.35. The van der Waals surface area contributed by atoms with E-state index < -0.39 is 0 Å². The van der Waals surface area contributed by atoms with Crippen LogP contribution in [0.1, 0.15) is 18.2 Å². The largest absolute Gasteiger partial charge is 0.332 e. The fourth-order valence-corrected chi connectivity index (χ4v) is 2.07. The van der Waals surface area contributed by atoms with E-state index in [0.717, 1.165) is 22.9 Å². The van der Waals surface area contributed by atoms with Crippen molar-refractivity contribution in [2.24, 2.45) is 0 Å². The average molecular weight is 218 g/mol. The molecule has 0 fully saturated rings. The van der Waals surface area contributed by atoms with Crippen molar-refractivity contribution >= 4 is 22.2 Å². The minimum Gasteiger partial charge on any atom is -0.332 e. The number of nitrogens with one attached hydrogen (secondary N) is 1. The molecule has 1 aromatic heterocycles. The van der Waals surface area contributed by atoms with Gasteiger partial charge in [0, 0.05) is 11.1 Å². The number of aromatic nitrogens is 1. The third-order valence-electron chi connectivity index (χ3n) is 2.23. The molecule has 15 heavy (non-hydrogen) atoms. The van der Waals surface area contributed by atoms with Crippen molar-refractivity contribution in [1.82, 2.24) is 4.98 Å². The van der Waals surface area contributed by atoms with E-state index in [2.05, 4.69) is 41.5 Å². The van der Waals surface area contributed by atoms with Gasteiger partial charge in [0.1, 0.15) is 0 Å². The Morgan fingerprint density at radius 3 is 2.53 bits per heavy atom. The molecule has 2 nitrogen and oxygen atoms in total. The van der Waals surface area contributed by atoms with E-state index in [1.807, 2.05) is 12.3 Å². The first-order chi connectivity index (χ1) is 7.28. The molecule has 0 aliphatic rings. The molecule has 0 radical (unpaired) electrons. The highest BCUT2D eigenvalue weighted by Crippen LogP contribution is 2.20. The van der Waals surface area contributed by atoms with Crippen LogP contribution < -0.4 is 5.32 Å². The Morgan fingerprint density at radius 2 is 2.00 bits per heavy atom. The zero-order chi connectivity index (χ0) is 10.7. The van der Waals surface area contributed by atoms with E-state index in [-0.39, 0.29) is 0 Å². The third kappa shape index (κ3) is 2.57. The van der Waals surface area contributed by atoms with Crippen LogP contribution >= 0.6 is 11.3 Å². The van der Waals surface area contributed by atoms with Gasteiger partial charge in [-0.15, -0.1) is 11.3 Å². The van der Waals surface area contributed by atoms with Crippen molar-refractivity contribution in [2.45, 2.75) is 20.3 Å². The van der Waals surface area contributed by atoms with Crippen molar-refractivity contribution in [3.63, 3.8) is 0 Å².